The average Bonchev–Trinajstić information content (AvgIpc) is 2.54. The lowest BCUT2D eigenvalue weighted by molar-refractivity contribution is 0.0860. The molecule has 4 rings (SSSR count). The lowest BCUT2D eigenvalue weighted by Crippen LogP contribution is -2.63. The van der Waals surface area contributed by atoms with Crippen LogP contribution in [-0.2, 0) is 0 Å². The molecule has 6 nitrogen and oxygen atoms in total. The van der Waals surface area contributed by atoms with Crippen LogP contribution in [0.1, 0.15) is 12.7 Å². The second-order valence-corrected chi connectivity index (χ2v) is 6.52. The average molecular weight is 312 g/mol. The Bertz CT molecular complexity index is 689. The number of aryl methyl sites for hydroxylation is 1. The van der Waals surface area contributed by atoms with Crippen molar-refractivity contribution in [2.24, 2.45) is 0 Å². The smallest absolute Gasteiger partial charge is 0.140 e. The van der Waals surface area contributed by atoms with Gasteiger partial charge < -0.3 is 9.80 Å². The number of likely N-dealkylation sites (N-methyl/N-ethyl adjacent to an activating group) is 1. The normalized spacial score (nSPS) is 20.9. The van der Waals surface area contributed by atoms with Crippen LogP contribution in [0.2, 0.25) is 0 Å². The van der Waals surface area contributed by atoms with Gasteiger partial charge in [-0.2, -0.15) is 0 Å². The molecule has 0 radical (unpaired) electrons. The summed E-state index contributed by atoms with van der Waals surface area (Å²) in [5.41, 5.74) is 0.940. The zero-order chi connectivity index (χ0) is 15.8. The Labute approximate surface area is 137 Å². The SMILES string of the molecule is CCN1CCN(C2CN(c3nc(C)nc4cnccc34)C2)CC1. The van der Waals surface area contributed by atoms with E-state index in [4.69, 9.17) is 0 Å². The minimum absolute atomic E-state index is 0.668. The molecule has 6 heteroatoms. The summed E-state index contributed by atoms with van der Waals surface area (Å²) in [4.78, 5) is 20.9. The van der Waals surface area contributed by atoms with Crippen LogP contribution < -0.4 is 4.90 Å². The molecule has 2 aromatic heterocycles. The summed E-state index contributed by atoms with van der Waals surface area (Å²) in [6.45, 7) is 12.3. The van der Waals surface area contributed by atoms with Crippen molar-refractivity contribution in [3.05, 3.63) is 24.3 Å². The van der Waals surface area contributed by atoms with Crippen molar-refractivity contribution in [1.82, 2.24) is 24.8 Å². The summed E-state index contributed by atoms with van der Waals surface area (Å²) < 4.78 is 0. The van der Waals surface area contributed by atoms with E-state index in [-0.39, 0.29) is 0 Å². The molecule has 2 saturated heterocycles. The van der Waals surface area contributed by atoms with Gasteiger partial charge in [-0.1, -0.05) is 6.92 Å². The summed E-state index contributed by atoms with van der Waals surface area (Å²) in [6.07, 6.45) is 3.65. The lowest BCUT2D eigenvalue weighted by atomic mass is 10.1. The Morgan fingerprint density at radius 1 is 1.13 bits per heavy atom. The molecule has 0 atom stereocenters. The molecule has 0 bridgehead atoms. The first-order valence-corrected chi connectivity index (χ1v) is 8.54. The number of rotatable bonds is 3. The number of hydrogen-bond acceptors (Lipinski definition) is 6. The highest BCUT2D eigenvalue weighted by molar-refractivity contribution is 5.89. The van der Waals surface area contributed by atoms with E-state index < -0.39 is 0 Å². The fourth-order valence-corrected chi connectivity index (χ4v) is 3.62. The van der Waals surface area contributed by atoms with E-state index in [9.17, 15) is 0 Å². The van der Waals surface area contributed by atoms with Crippen molar-refractivity contribution in [2.75, 3.05) is 50.7 Å². The fourth-order valence-electron chi connectivity index (χ4n) is 3.62. The van der Waals surface area contributed by atoms with E-state index in [1.807, 2.05) is 25.4 Å². The second kappa shape index (κ2) is 6.02. The third kappa shape index (κ3) is 2.77. The summed E-state index contributed by atoms with van der Waals surface area (Å²) in [6, 6.07) is 2.69. The van der Waals surface area contributed by atoms with Gasteiger partial charge in [-0.05, 0) is 19.5 Å². The highest BCUT2D eigenvalue weighted by Gasteiger charge is 2.34. The molecule has 4 heterocycles. The molecule has 0 aliphatic carbocycles. The number of pyridine rings is 1. The molecule has 2 aliphatic heterocycles. The van der Waals surface area contributed by atoms with Gasteiger partial charge in [0.05, 0.1) is 11.7 Å². The van der Waals surface area contributed by atoms with Gasteiger partial charge in [-0.25, -0.2) is 9.97 Å². The van der Waals surface area contributed by atoms with Gasteiger partial charge in [-0.3, -0.25) is 9.88 Å². The Hall–Kier alpha value is -1.79. The van der Waals surface area contributed by atoms with Gasteiger partial charge in [0.1, 0.15) is 11.6 Å². The topological polar surface area (TPSA) is 48.4 Å². The summed E-state index contributed by atoms with van der Waals surface area (Å²) in [5, 5.41) is 1.11. The zero-order valence-electron chi connectivity index (χ0n) is 13.9. The molecule has 0 amide bonds. The second-order valence-electron chi connectivity index (χ2n) is 6.52. The lowest BCUT2D eigenvalue weighted by Gasteiger charge is -2.48. The van der Waals surface area contributed by atoms with E-state index in [2.05, 4.69) is 36.6 Å². The predicted molar refractivity (Wildman–Crippen MR) is 91.8 cm³/mol. The number of fused-ring (bicyclic) bond motifs is 1. The summed E-state index contributed by atoms with van der Waals surface area (Å²) >= 11 is 0. The Kier molecular flexibility index (Phi) is 3.87. The highest BCUT2D eigenvalue weighted by Crippen LogP contribution is 2.28. The number of aromatic nitrogens is 3. The third-order valence-corrected chi connectivity index (χ3v) is 5.12. The van der Waals surface area contributed by atoms with E-state index in [1.165, 1.54) is 32.7 Å². The molecule has 0 aromatic carbocycles. The Morgan fingerprint density at radius 2 is 1.91 bits per heavy atom. The Morgan fingerprint density at radius 3 is 2.65 bits per heavy atom. The molecular weight excluding hydrogens is 288 g/mol. The van der Waals surface area contributed by atoms with Crippen LogP contribution in [0.15, 0.2) is 18.5 Å². The number of anilines is 1. The largest absolute Gasteiger partial charge is 0.353 e. The first-order valence-electron chi connectivity index (χ1n) is 8.54. The van der Waals surface area contributed by atoms with Gasteiger partial charge >= 0.3 is 0 Å². The minimum Gasteiger partial charge on any atom is -0.353 e. The van der Waals surface area contributed by atoms with Gasteiger partial charge in [-0.15, -0.1) is 0 Å². The Balaban J connectivity index is 1.46. The van der Waals surface area contributed by atoms with Gasteiger partial charge in [0.25, 0.3) is 0 Å². The van der Waals surface area contributed by atoms with Crippen molar-refractivity contribution in [1.29, 1.82) is 0 Å². The molecule has 122 valence electrons. The van der Waals surface area contributed by atoms with Crippen LogP contribution in [0.5, 0.6) is 0 Å². The van der Waals surface area contributed by atoms with E-state index >= 15 is 0 Å². The van der Waals surface area contributed by atoms with Crippen LogP contribution in [-0.4, -0.2) is 76.6 Å². The zero-order valence-corrected chi connectivity index (χ0v) is 13.9. The van der Waals surface area contributed by atoms with Crippen LogP contribution in [0.4, 0.5) is 5.82 Å². The molecule has 2 aromatic rings. The maximum Gasteiger partial charge on any atom is 0.140 e. The van der Waals surface area contributed by atoms with Crippen molar-refractivity contribution >= 4 is 16.7 Å². The monoisotopic (exact) mass is 312 g/mol. The maximum absolute atomic E-state index is 4.69. The fraction of sp³-hybridized carbons (Fsp3) is 0.588. The maximum atomic E-state index is 4.69. The molecule has 2 fully saturated rings. The van der Waals surface area contributed by atoms with Crippen LogP contribution in [0.25, 0.3) is 10.9 Å². The first-order chi connectivity index (χ1) is 11.2. The number of nitrogens with zero attached hydrogens (tertiary/aromatic N) is 6. The summed E-state index contributed by atoms with van der Waals surface area (Å²) in [5.74, 6) is 1.89. The molecule has 0 spiro atoms. The quantitative estimate of drug-likeness (QED) is 0.848. The van der Waals surface area contributed by atoms with Crippen LogP contribution in [0.3, 0.4) is 0 Å². The standard InChI is InChI=1S/C17H24N6/c1-3-21-6-8-22(9-7-21)14-11-23(12-14)17-15-4-5-18-10-16(15)19-13(2)20-17/h4-5,10,14H,3,6-9,11-12H2,1-2H3. The van der Waals surface area contributed by atoms with E-state index in [0.717, 1.165) is 35.6 Å². The van der Waals surface area contributed by atoms with Crippen LogP contribution in [0, 0.1) is 6.92 Å². The van der Waals surface area contributed by atoms with Crippen LogP contribution >= 0.6 is 0 Å². The number of piperazine rings is 1. The van der Waals surface area contributed by atoms with Gasteiger partial charge in [0.15, 0.2) is 0 Å². The number of hydrogen-bond donors (Lipinski definition) is 0. The van der Waals surface area contributed by atoms with E-state index in [0.29, 0.717) is 6.04 Å². The first kappa shape index (κ1) is 14.8. The highest BCUT2D eigenvalue weighted by atomic mass is 15.4. The molecule has 2 aliphatic rings. The third-order valence-electron chi connectivity index (χ3n) is 5.12. The van der Waals surface area contributed by atoms with Crippen molar-refractivity contribution in [3.63, 3.8) is 0 Å². The van der Waals surface area contributed by atoms with E-state index in [1.54, 1.807) is 0 Å². The molecule has 0 saturated carbocycles. The summed E-state index contributed by atoms with van der Waals surface area (Å²) in [7, 11) is 0. The van der Waals surface area contributed by atoms with Crippen molar-refractivity contribution in [3.8, 4) is 0 Å². The predicted octanol–water partition coefficient (Wildman–Crippen LogP) is 1.16. The molecular formula is C17H24N6. The molecule has 0 N–H and O–H groups in total. The molecule has 0 unspecified atom stereocenters. The molecule has 23 heavy (non-hydrogen) atoms. The minimum atomic E-state index is 0.668. The van der Waals surface area contributed by atoms with Gasteiger partial charge in [0, 0.05) is 56.9 Å². The van der Waals surface area contributed by atoms with Crippen molar-refractivity contribution in [2.45, 2.75) is 19.9 Å². The van der Waals surface area contributed by atoms with Gasteiger partial charge in [0.2, 0.25) is 0 Å². The van der Waals surface area contributed by atoms with Crippen molar-refractivity contribution < 1.29 is 0 Å².